The van der Waals surface area contributed by atoms with Gasteiger partial charge in [-0.2, -0.15) is 0 Å². The number of fused-ring (bicyclic) bond motifs is 1. The summed E-state index contributed by atoms with van der Waals surface area (Å²) >= 11 is 1.67. The highest BCUT2D eigenvalue weighted by Gasteiger charge is 2.26. The van der Waals surface area contributed by atoms with Crippen molar-refractivity contribution in [2.24, 2.45) is 0 Å². The van der Waals surface area contributed by atoms with Gasteiger partial charge in [-0.3, -0.25) is 14.9 Å². The zero-order chi connectivity index (χ0) is 19.1. The van der Waals surface area contributed by atoms with Crippen LogP contribution in [0.25, 0.3) is 10.9 Å². The maximum atomic E-state index is 11.9. The molecule has 1 aliphatic heterocycles. The number of nitrogens with one attached hydrogen (secondary N) is 1. The number of aromatic nitrogens is 3. The molecule has 0 unspecified atom stereocenters. The third-order valence-electron chi connectivity index (χ3n) is 4.84. The van der Waals surface area contributed by atoms with Crippen LogP contribution in [0.15, 0.2) is 23.3 Å². The predicted molar refractivity (Wildman–Crippen MR) is 105 cm³/mol. The topological polar surface area (TPSA) is 108 Å². The highest BCUT2D eigenvalue weighted by Crippen LogP contribution is 2.33. The maximum absolute atomic E-state index is 11.9. The van der Waals surface area contributed by atoms with Crippen molar-refractivity contribution in [3.05, 3.63) is 49.5 Å². The van der Waals surface area contributed by atoms with Crippen molar-refractivity contribution in [3.8, 4) is 0 Å². The number of hydrogen-bond acceptors (Lipinski definition) is 8. The van der Waals surface area contributed by atoms with Gasteiger partial charge in [0, 0.05) is 37.1 Å². The van der Waals surface area contributed by atoms with Gasteiger partial charge in [0.2, 0.25) is 0 Å². The number of nitro benzene ring substituents is 1. The van der Waals surface area contributed by atoms with Crippen LogP contribution in [-0.4, -0.2) is 46.1 Å². The summed E-state index contributed by atoms with van der Waals surface area (Å²) < 4.78 is 0. The molecule has 0 aliphatic carbocycles. The zero-order valence-electron chi connectivity index (χ0n) is 14.9. The zero-order valence-corrected chi connectivity index (χ0v) is 15.7. The first-order valence-corrected chi connectivity index (χ1v) is 9.35. The van der Waals surface area contributed by atoms with Crippen LogP contribution in [0.1, 0.15) is 10.6 Å². The second kappa shape index (κ2) is 6.62. The summed E-state index contributed by atoms with van der Waals surface area (Å²) in [4.78, 5) is 39.6. The van der Waals surface area contributed by atoms with Crippen molar-refractivity contribution in [2.75, 3.05) is 36.0 Å². The minimum absolute atomic E-state index is 0.0737. The van der Waals surface area contributed by atoms with Crippen molar-refractivity contribution in [2.45, 2.75) is 13.8 Å². The number of thiazole rings is 1. The Bertz CT molecular complexity index is 1060. The van der Waals surface area contributed by atoms with Gasteiger partial charge in [-0.05, 0) is 19.9 Å². The van der Waals surface area contributed by atoms with E-state index in [0.29, 0.717) is 24.3 Å². The lowest BCUT2D eigenvalue weighted by atomic mass is 10.1. The second-order valence-corrected chi connectivity index (χ2v) is 7.64. The van der Waals surface area contributed by atoms with Gasteiger partial charge in [0.25, 0.3) is 11.2 Å². The fourth-order valence-corrected chi connectivity index (χ4v) is 4.18. The third kappa shape index (κ3) is 3.12. The maximum Gasteiger partial charge on any atom is 0.293 e. The Morgan fingerprint density at radius 1 is 1.19 bits per heavy atom. The Hall–Kier alpha value is -3.01. The lowest BCUT2D eigenvalue weighted by Crippen LogP contribution is -2.46. The van der Waals surface area contributed by atoms with E-state index in [-0.39, 0.29) is 16.6 Å². The number of nitrogens with zero attached hydrogens (tertiary/aromatic N) is 5. The molecule has 3 aromatic rings. The van der Waals surface area contributed by atoms with Crippen LogP contribution < -0.4 is 15.4 Å². The number of anilines is 2. The van der Waals surface area contributed by atoms with Crippen LogP contribution in [0.4, 0.5) is 16.5 Å². The van der Waals surface area contributed by atoms with Gasteiger partial charge in [0.15, 0.2) is 5.13 Å². The minimum atomic E-state index is -0.443. The van der Waals surface area contributed by atoms with E-state index in [1.807, 2.05) is 11.8 Å². The molecule has 0 atom stereocenters. The molecule has 1 aliphatic rings. The Balaban J connectivity index is 1.64. The monoisotopic (exact) mass is 386 g/mol. The van der Waals surface area contributed by atoms with E-state index in [1.165, 1.54) is 17.3 Å². The van der Waals surface area contributed by atoms with Crippen LogP contribution in [0.3, 0.4) is 0 Å². The molecule has 3 heterocycles. The normalized spacial score (nSPS) is 14.7. The average Bonchev–Trinajstić information content (AvgIpc) is 3.00. The molecule has 140 valence electrons. The number of piperazine rings is 1. The van der Waals surface area contributed by atoms with Crippen molar-refractivity contribution < 1.29 is 4.92 Å². The molecule has 2 aromatic heterocycles. The quantitative estimate of drug-likeness (QED) is 0.543. The molecule has 0 radical (unpaired) electrons. The molecule has 1 saturated heterocycles. The van der Waals surface area contributed by atoms with Gasteiger partial charge >= 0.3 is 0 Å². The first-order valence-electron chi connectivity index (χ1n) is 8.54. The van der Waals surface area contributed by atoms with E-state index in [2.05, 4.69) is 26.8 Å². The number of nitro groups is 1. The van der Waals surface area contributed by atoms with Gasteiger partial charge in [0.05, 0.1) is 27.8 Å². The van der Waals surface area contributed by atoms with E-state index in [4.69, 9.17) is 0 Å². The molecule has 27 heavy (non-hydrogen) atoms. The molecular formula is C17H18N6O3S. The predicted octanol–water partition coefficient (Wildman–Crippen LogP) is 2.23. The summed E-state index contributed by atoms with van der Waals surface area (Å²) in [5.41, 5.74) is 1.54. The van der Waals surface area contributed by atoms with Crippen LogP contribution in [0, 0.1) is 24.0 Å². The largest absolute Gasteiger partial charge is 0.362 e. The van der Waals surface area contributed by atoms with Crippen molar-refractivity contribution >= 4 is 38.7 Å². The van der Waals surface area contributed by atoms with Crippen LogP contribution in [-0.2, 0) is 0 Å². The first kappa shape index (κ1) is 17.4. The van der Waals surface area contributed by atoms with Gasteiger partial charge in [0.1, 0.15) is 5.69 Å². The molecule has 9 nitrogen and oxygen atoms in total. The number of H-pyrrole nitrogens is 1. The Labute approximate surface area is 158 Å². The third-order valence-corrected chi connectivity index (χ3v) is 5.98. The number of aromatic amines is 1. The van der Waals surface area contributed by atoms with E-state index in [1.54, 1.807) is 17.4 Å². The number of aryl methyl sites for hydroxylation is 2. The van der Waals surface area contributed by atoms with Crippen molar-refractivity contribution in [1.29, 1.82) is 0 Å². The summed E-state index contributed by atoms with van der Waals surface area (Å²) in [6, 6.07) is 2.95. The average molecular weight is 386 g/mol. The molecule has 4 rings (SSSR count). The van der Waals surface area contributed by atoms with E-state index >= 15 is 0 Å². The number of rotatable bonds is 3. The molecule has 1 fully saturated rings. The van der Waals surface area contributed by atoms with E-state index in [9.17, 15) is 14.9 Å². The Kier molecular flexibility index (Phi) is 4.27. The van der Waals surface area contributed by atoms with Gasteiger partial charge in [-0.25, -0.2) is 9.97 Å². The number of benzene rings is 1. The second-order valence-electron chi connectivity index (χ2n) is 6.46. The summed E-state index contributed by atoms with van der Waals surface area (Å²) in [5.74, 6) is 0. The van der Waals surface area contributed by atoms with Gasteiger partial charge < -0.3 is 14.8 Å². The van der Waals surface area contributed by atoms with Crippen LogP contribution in [0.2, 0.25) is 0 Å². The molecule has 0 saturated carbocycles. The molecule has 10 heteroatoms. The van der Waals surface area contributed by atoms with E-state index < -0.39 is 4.92 Å². The summed E-state index contributed by atoms with van der Waals surface area (Å²) in [6.07, 6.45) is 1.31. The molecule has 0 amide bonds. The fourth-order valence-electron chi connectivity index (χ4n) is 3.22. The molecule has 0 spiro atoms. The highest BCUT2D eigenvalue weighted by molar-refractivity contribution is 7.15. The molecular weight excluding hydrogens is 368 g/mol. The van der Waals surface area contributed by atoms with Crippen LogP contribution in [0.5, 0.6) is 0 Å². The minimum Gasteiger partial charge on any atom is -0.362 e. The van der Waals surface area contributed by atoms with Gasteiger partial charge in [-0.1, -0.05) is 0 Å². The lowest BCUT2D eigenvalue weighted by Gasteiger charge is -2.35. The fraction of sp³-hybridized carbons (Fsp3) is 0.353. The van der Waals surface area contributed by atoms with Crippen molar-refractivity contribution in [1.82, 2.24) is 15.0 Å². The summed E-state index contributed by atoms with van der Waals surface area (Å²) in [5, 5.41) is 12.8. The molecule has 1 aromatic carbocycles. The van der Waals surface area contributed by atoms with Crippen molar-refractivity contribution in [3.63, 3.8) is 0 Å². The lowest BCUT2D eigenvalue weighted by molar-refractivity contribution is -0.384. The molecule has 1 N–H and O–H groups in total. The smallest absolute Gasteiger partial charge is 0.293 e. The first-order chi connectivity index (χ1) is 12.9. The molecule has 0 bridgehead atoms. The SMILES string of the molecule is Cc1nc(N2CCN(c3cc4nc[nH]c(=O)c4cc3[N+](=O)[O-])CC2)sc1C. The number of hydrogen-bond donors (Lipinski definition) is 1. The summed E-state index contributed by atoms with van der Waals surface area (Å²) in [7, 11) is 0. The Morgan fingerprint density at radius 3 is 2.52 bits per heavy atom. The standard InChI is InChI=1S/C17H18N6O3S/c1-10-11(2)27-17(20-10)22-5-3-21(4-6-22)14-8-13-12(7-15(14)23(25)26)16(24)19-9-18-13/h7-9H,3-6H2,1-2H3,(H,18,19,24). The Morgan fingerprint density at radius 2 is 1.89 bits per heavy atom. The highest BCUT2D eigenvalue weighted by atomic mass is 32.1. The van der Waals surface area contributed by atoms with Crippen LogP contribution >= 0.6 is 11.3 Å². The van der Waals surface area contributed by atoms with E-state index in [0.717, 1.165) is 23.9 Å². The van der Waals surface area contributed by atoms with Gasteiger partial charge in [-0.15, -0.1) is 11.3 Å². The summed E-state index contributed by atoms with van der Waals surface area (Å²) in [6.45, 7) is 6.77.